The van der Waals surface area contributed by atoms with Gasteiger partial charge in [0.25, 0.3) is 0 Å². The van der Waals surface area contributed by atoms with E-state index in [0.29, 0.717) is 25.6 Å². The van der Waals surface area contributed by atoms with Crippen molar-refractivity contribution in [2.45, 2.75) is 58.8 Å². The molecular formula is C16H32N2O3. The third-order valence-electron chi connectivity index (χ3n) is 4.20. The highest BCUT2D eigenvalue weighted by Gasteiger charge is 2.34. The van der Waals surface area contributed by atoms with Crippen molar-refractivity contribution >= 4 is 5.91 Å². The predicted molar refractivity (Wildman–Crippen MR) is 84.0 cm³/mol. The highest BCUT2D eigenvalue weighted by atomic mass is 16.5. The van der Waals surface area contributed by atoms with Gasteiger partial charge < -0.3 is 20.1 Å². The van der Waals surface area contributed by atoms with Gasteiger partial charge in [0, 0.05) is 20.2 Å². The van der Waals surface area contributed by atoms with E-state index in [9.17, 15) is 4.79 Å². The third kappa shape index (κ3) is 5.57. The van der Waals surface area contributed by atoms with E-state index in [1.165, 1.54) is 0 Å². The van der Waals surface area contributed by atoms with E-state index in [1.807, 2.05) is 11.8 Å². The number of carbonyl (C=O) groups excluding carboxylic acids is 1. The van der Waals surface area contributed by atoms with Crippen molar-refractivity contribution in [3.63, 3.8) is 0 Å². The molecular weight excluding hydrogens is 268 g/mol. The third-order valence-corrected chi connectivity index (χ3v) is 4.20. The Kier molecular flexibility index (Phi) is 7.63. The Hall–Kier alpha value is -0.650. The first-order valence-corrected chi connectivity index (χ1v) is 8.07. The highest BCUT2D eigenvalue weighted by Crippen LogP contribution is 2.27. The quantitative estimate of drug-likeness (QED) is 0.776. The molecule has 1 heterocycles. The van der Waals surface area contributed by atoms with Gasteiger partial charge in [0.2, 0.25) is 5.91 Å². The smallest absolute Gasteiger partial charge is 0.239 e. The second kappa shape index (κ2) is 8.71. The molecule has 5 heteroatoms. The molecule has 1 aliphatic rings. The summed E-state index contributed by atoms with van der Waals surface area (Å²) in [6, 6.07) is -0.423. The minimum absolute atomic E-state index is 0.0618. The van der Waals surface area contributed by atoms with Crippen molar-refractivity contribution in [2.75, 3.05) is 26.8 Å². The molecule has 21 heavy (non-hydrogen) atoms. The van der Waals surface area contributed by atoms with Gasteiger partial charge in [-0.1, -0.05) is 6.92 Å². The Morgan fingerprint density at radius 1 is 1.38 bits per heavy atom. The van der Waals surface area contributed by atoms with E-state index >= 15 is 0 Å². The average Bonchev–Trinajstić information content (AvgIpc) is 2.42. The number of carbonyl (C=O) groups is 1. The number of methoxy groups -OCH3 is 1. The Balaban J connectivity index is 2.61. The van der Waals surface area contributed by atoms with Crippen LogP contribution in [0.3, 0.4) is 0 Å². The standard InChI is InChI=1S/C16H32N2O3/c1-6-18(9-11(2)10-20-5)16(19)15(17)14-7-12(3)21-13(4)8-14/h11-15H,6-10,17H2,1-5H3. The molecule has 1 amide bonds. The van der Waals surface area contributed by atoms with Crippen LogP contribution in [-0.2, 0) is 14.3 Å². The zero-order valence-corrected chi connectivity index (χ0v) is 14.2. The molecule has 4 atom stereocenters. The summed E-state index contributed by atoms with van der Waals surface area (Å²) in [7, 11) is 1.69. The van der Waals surface area contributed by atoms with Crippen molar-refractivity contribution in [2.24, 2.45) is 17.6 Å². The van der Waals surface area contributed by atoms with Gasteiger partial charge in [0.15, 0.2) is 0 Å². The van der Waals surface area contributed by atoms with E-state index in [0.717, 1.165) is 12.8 Å². The molecule has 0 radical (unpaired) electrons. The normalized spacial score (nSPS) is 29.0. The summed E-state index contributed by atoms with van der Waals surface area (Å²) in [5.74, 6) is 0.591. The molecule has 0 aliphatic carbocycles. The summed E-state index contributed by atoms with van der Waals surface area (Å²) >= 11 is 0. The van der Waals surface area contributed by atoms with E-state index < -0.39 is 6.04 Å². The Morgan fingerprint density at radius 3 is 2.43 bits per heavy atom. The number of hydrogen-bond donors (Lipinski definition) is 1. The van der Waals surface area contributed by atoms with Gasteiger partial charge in [-0.3, -0.25) is 4.79 Å². The predicted octanol–water partition coefficient (Wildman–Crippen LogP) is 1.65. The van der Waals surface area contributed by atoms with Crippen LogP contribution in [0.15, 0.2) is 0 Å². The van der Waals surface area contributed by atoms with Crippen LogP contribution in [0, 0.1) is 11.8 Å². The van der Waals surface area contributed by atoms with Crippen LogP contribution in [0.4, 0.5) is 0 Å². The number of nitrogens with zero attached hydrogens (tertiary/aromatic N) is 1. The van der Waals surface area contributed by atoms with Crippen LogP contribution in [-0.4, -0.2) is 55.9 Å². The summed E-state index contributed by atoms with van der Waals surface area (Å²) in [5.41, 5.74) is 6.26. The average molecular weight is 300 g/mol. The van der Waals surface area contributed by atoms with Crippen molar-refractivity contribution in [1.82, 2.24) is 4.90 Å². The maximum Gasteiger partial charge on any atom is 0.239 e. The molecule has 4 unspecified atom stereocenters. The first-order chi connectivity index (χ1) is 9.88. The minimum Gasteiger partial charge on any atom is -0.384 e. The molecule has 1 rings (SSSR count). The Labute approximate surface area is 129 Å². The molecule has 2 N–H and O–H groups in total. The molecule has 0 aromatic heterocycles. The molecule has 5 nitrogen and oxygen atoms in total. The number of likely N-dealkylation sites (N-methyl/N-ethyl adjacent to an activating group) is 1. The molecule has 1 aliphatic heterocycles. The van der Waals surface area contributed by atoms with Gasteiger partial charge in [-0.2, -0.15) is 0 Å². The molecule has 0 bridgehead atoms. The fourth-order valence-electron chi connectivity index (χ4n) is 3.25. The largest absolute Gasteiger partial charge is 0.384 e. The fourth-order valence-corrected chi connectivity index (χ4v) is 3.25. The van der Waals surface area contributed by atoms with Crippen molar-refractivity contribution in [3.05, 3.63) is 0 Å². The SMILES string of the molecule is CCN(CC(C)COC)C(=O)C(N)C1CC(C)OC(C)C1. The second-order valence-electron chi connectivity index (χ2n) is 6.45. The zero-order valence-electron chi connectivity index (χ0n) is 14.2. The van der Waals surface area contributed by atoms with E-state index in [-0.39, 0.29) is 24.0 Å². The van der Waals surface area contributed by atoms with Gasteiger partial charge in [-0.25, -0.2) is 0 Å². The van der Waals surface area contributed by atoms with Crippen LogP contribution >= 0.6 is 0 Å². The van der Waals surface area contributed by atoms with Crippen LogP contribution in [0.5, 0.6) is 0 Å². The number of hydrogen-bond acceptors (Lipinski definition) is 4. The molecule has 0 saturated carbocycles. The first-order valence-electron chi connectivity index (χ1n) is 8.07. The highest BCUT2D eigenvalue weighted by molar-refractivity contribution is 5.82. The van der Waals surface area contributed by atoms with Gasteiger partial charge in [-0.15, -0.1) is 0 Å². The lowest BCUT2D eigenvalue weighted by molar-refractivity contribution is -0.137. The molecule has 0 spiro atoms. The molecule has 1 fully saturated rings. The lowest BCUT2D eigenvalue weighted by atomic mass is 9.86. The zero-order chi connectivity index (χ0) is 16.0. The van der Waals surface area contributed by atoms with Crippen LogP contribution in [0.2, 0.25) is 0 Å². The van der Waals surface area contributed by atoms with Crippen LogP contribution in [0.25, 0.3) is 0 Å². The maximum atomic E-state index is 12.6. The van der Waals surface area contributed by atoms with E-state index in [2.05, 4.69) is 20.8 Å². The summed E-state index contributed by atoms with van der Waals surface area (Å²) in [5, 5.41) is 0. The molecule has 124 valence electrons. The summed E-state index contributed by atoms with van der Waals surface area (Å²) < 4.78 is 10.9. The Morgan fingerprint density at radius 2 is 1.95 bits per heavy atom. The molecule has 1 saturated heterocycles. The lowest BCUT2D eigenvalue weighted by Crippen LogP contribution is -2.51. The maximum absolute atomic E-state index is 12.6. The summed E-state index contributed by atoms with van der Waals surface area (Å²) in [6.45, 7) is 10.2. The molecule has 0 aromatic rings. The summed E-state index contributed by atoms with van der Waals surface area (Å²) in [6.07, 6.45) is 2.09. The van der Waals surface area contributed by atoms with Crippen molar-refractivity contribution in [3.8, 4) is 0 Å². The van der Waals surface area contributed by atoms with Gasteiger partial charge in [0.1, 0.15) is 0 Å². The van der Waals surface area contributed by atoms with Crippen LogP contribution < -0.4 is 5.73 Å². The topological polar surface area (TPSA) is 64.8 Å². The second-order valence-corrected chi connectivity index (χ2v) is 6.45. The van der Waals surface area contributed by atoms with Crippen molar-refractivity contribution in [1.29, 1.82) is 0 Å². The summed E-state index contributed by atoms with van der Waals surface area (Å²) in [4.78, 5) is 14.5. The monoisotopic (exact) mass is 300 g/mol. The van der Waals surface area contributed by atoms with Crippen LogP contribution in [0.1, 0.15) is 40.5 Å². The van der Waals surface area contributed by atoms with Crippen molar-refractivity contribution < 1.29 is 14.3 Å². The van der Waals surface area contributed by atoms with E-state index in [4.69, 9.17) is 15.2 Å². The first kappa shape index (κ1) is 18.4. The number of amides is 1. The fraction of sp³-hybridized carbons (Fsp3) is 0.938. The van der Waals surface area contributed by atoms with Gasteiger partial charge >= 0.3 is 0 Å². The number of nitrogens with two attached hydrogens (primary N) is 1. The van der Waals surface area contributed by atoms with E-state index in [1.54, 1.807) is 7.11 Å². The Bertz CT molecular complexity index is 315. The van der Waals surface area contributed by atoms with Gasteiger partial charge in [0.05, 0.1) is 24.9 Å². The van der Waals surface area contributed by atoms with Gasteiger partial charge in [-0.05, 0) is 45.4 Å². The number of ether oxygens (including phenoxy) is 2. The minimum atomic E-state index is -0.423. The lowest BCUT2D eigenvalue weighted by Gasteiger charge is -2.36. The number of rotatable bonds is 7. The molecule has 0 aromatic carbocycles.